The van der Waals surface area contributed by atoms with Crippen molar-refractivity contribution in [3.05, 3.63) is 33.3 Å². The van der Waals surface area contributed by atoms with Crippen molar-refractivity contribution in [3.8, 4) is 0 Å². The lowest BCUT2D eigenvalue weighted by Crippen LogP contribution is -2.53. The third-order valence-electron chi connectivity index (χ3n) is 4.90. The van der Waals surface area contributed by atoms with Gasteiger partial charge in [0.1, 0.15) is 5.69 Å². The largest absolute Gasteiger partial charge is 0.362 e. The molecular formula is C19H29ClN4O3. The molecule has 1 saturated heterocycles. The quantitative estimate of drug-likeness (QED) is 0.400. The molecule has 1 aromatic rings. The van der Waals surface area contributed by atoms with Crippen LogP contribution in [-0.2, 0) is 0 Å². The average Bonchev–Trinajstić information content (AvgIpc) is 2.65. The molecule has 7 nitrogen and oxygen atoms in total. The lowest BCUT2D eigenvalue weighted by atomic mass is 10.1. The van der Waals surface area contributed by atoms with Crippen molar-refractivity contribution in [2.24, 2.45) is 0 Å². The molecule has 1 heterocycles. The zero-order chi connectivity index (χ0) is 19.8. The molecule has 0 bridgehead atoms. The molecule has 1 N–H and O–H groups in total. The number of carbonyl (C=O) groups excluding carboxylic acids is 1. The number of anilines is 1. The lowest BCUT2D eigenvalue weighted by Gasteiger charge is -2.36. The maximum absolute atomic E-state index is 12.4. The van der Waals surface area contributed by atoms with E-state index in [-0.39, 0.29) is 17.8 Å². The predicted octanol–water partition coefficient (Wildman–Crippen LogP) is 4.44. The molecule has 0 spiro atoms. The fourth-order valence-electron chi connectivity index (χ4n) is 3.31. The Morgan fingerprint density at radius 1 is 1.26 bits per heavy atom. The molecule has 0 saturated carbocycles. The molecule has 0 aliphatic carbocycles. The van der Waals surface area contributed by atoms with Crippen LogP contribution in [0.25, 0.3) is 0 Å². The molecule has 1 aliphatic heterocycles. The van der Waals surface area contributed by atoms with Crippen LogP contribution in [0.4, 0.5) is 16.2 Å². The molecule has 0 radical (unpaired) electrons. The number of urea groups is 1. The Labute approximate surface area is 165 Å². The number of amides is 2. The second-order valence-corrected chi connectivity index (χ2v) is 7.50. The second kappa shape index (κ2) is 10.3. The highest BCUT2D eigenvalue weighted by atomic mass is 35.5. The van der Waals surface area contributed by atoms with Gasteiger partial charge in [-0.25, -0.2) is 4.79 Å². The van der Waals surface area contributed by atoms with E-state index in [2.05, 4.69) is 12.2 Å². The van der Waals surface area contributed by atoms with Crippen molar-refractivity contribution >= 4 is 29.0 Å². The molecule has 2 amide bonds. The third kappa shape index (κ3) is 6.27. The summed E-state index contributed by atoms with van der Waals surface area (Å²) in [5, 5.41) is 14.7. The van der Waals surface area contributed by atoms with Gasteiger partial charge in [0.25, 0.3) is 5.69 Å². The van der Waals surface area contributed by atoms with E-state index in [1.165, 1.54) is 25.3 Å². The molecule has 0 aromatic heterocycles. The summed E-state index contributed by atoms with van der Waals surface area (Å²) >= 11 is 5.88. The summed E-state index contributed by atoms with van der Waals surface area (Å²) < 4.78 is 0. The van der Waals surface area contributed by atoms with Gasteiger partial charge in [0.05, 0.1) is 4.92 Å². The van der Waals surface area contributed by atoms with Gasteiger partial charge in [-0.3, -0.25) is 10.1 Å². The zero-order valence-corrected chi connectivity index (χ0v) is 16.9. The molecule has 1 unspecified atom stereocenters. The van der Waals surface area contributed by atoms with E-state index in [1.54, 1.807) is 17.0 Å². The molecule has 27 heavy (non-hydrogen) atoms. The number of hydrogen-bond donors (Lipinski definition) is 1. The van der Waals surface area contributed by atoms with Crippen LogP contribution in [0.2, 0.25) is 5.02 Å². The smallest absolute Gasteiger partial charge is 0.317 e. The van der Waals surface area contributed by atoms with Crippen molar-refractivity contribution in [2.75, 3.05) is 31.1 Å². The highest BCUT2D eigenvalue weighted by molar-refractivity contribution is 6.30. The summed E-state index contributed by atoms with van der Waals surface area (Å²) in [6.45, 7) is 6.41. The van der Waals surface area contributed by atoms with E-state index >= 15 is 0 Å². The first kappa shape index (κ1) is 21.3. The minimum atomic E-state index is -0.416. The number of nitro groups is 1. The van der Waals surface area contributed by atoms with E-state index in [0.717, 1.165) is 12.8 Å². The fraction of sp³-hybridized carbons (Fsp3) is 0.632. The summed E-state index contributed by atoms with van der Waals surface area (Å²) in [4.78, 5) is 27.0. The van der Waals surface area contributed by atoms with Crippen LogP contribution in [0.1, 0.15) is 46.0 Å². The molecule has 1 aliphatic rings. The summed E-state index contributed by atoms with van der Waals surface area (Å²) in [5.41, 5.74) is 0.551. The molecule has 8 heteroatoms. The average molecular weight is 397 g/mol. The second-order valence-electron chi connectivity index (χ2n) is 7.06. The van der Waals surface area contributed by atoms with Gasteiger partial charge in [-0.15, -0.1) is 0 Å². The number of nitrogens with one attached hydrogen (secondary N) is 1. The summed E-state index contributed by atoms with van der Waals surface area (Å²) in [5.74, 6) is 0. The van der Waals surface area contributed by atoms with Gasteiger partial charge in [0.2, 0.25) is 0 Å². The number of rotatable bonds is 8. The van der Waals surface area contributed by atoms with Gasteiger partial charge >= 0.3 is 6.03 Å². The summed E-state index contributed by atoms with van der Waals surface area (Å²) in [6.07, 6.45) is 5.76. The first-order valence-electron chi connectivity index (χ1n) is 9.66. The molecular weight excluding hydrogens is 368 g/mol. The van der Waals surface area contributed by atoms with E-state index in [1.807, 2.05) is 11.8 Å². The number of piperazine rings is 1. The Morgan fingerprint density at radius 3 is 2.59 bits per heavy atom. The fourth-order valence-corrected chi connectivity index (χ4v) is 3.48. The van der Waals surface area contributed by atoms with E-state index in [9.17, 15) is 14.9 Å². The Kier molecular flexibility index (Phi) is 8.16. The van der Waals surface area contributed by atoms with Crippen molar-refractivity contribution in [1.82, 2.24) is 10.2 Å². The van der Waals surface area contributed by atoms with Crippen molar-refractivity contribution < 1.29 is 9.72 Å². The van der Waals surface area contributed by atoms with E-state index < -0.39 is 4.92 Å². The number of carbonyl (C=O) groups is 1. The molecule has 1 fully saturated rings. The van der Waals surface area contributed by atoms with E-state index in [4.69, 9.17) is 11.6 Å². The van der Waals surface area contributed by atoms with Gasteiger partial charge in [-0.05, 0) is 25.5 Å². The molecule has 1 atom stereocenters. The van der Waals surface area contributed by atoms with Crippen LogP contribution in [0.3, 0.4) is 0 Å². The highest BCUT2D eigenvalue weighted by Crippen LogP contribution is 2.31. The number of unbranched alkanes of at least 4 members (excludes halogenated alkanes) is 3. The maximum atomic E-state index is 12.4. The van der Waals surface area contributed by atoms with Gasteiger partial charge in [0.15, 0.2) is 0 Å². The van der Waals surface area contributed by atoms with Gasteiger partial charge in [-0.1, -0.05) is 44.2 Å². The molecule has 150 valence electrons. The highest BCUT2D eigenvalue weighted by Gasteiger charge is 2.26. The lowest BCUT2D eigenvalue weighted by molar-refractivity contribution is -0.384. The van der Waals surface area contributed by atoms with Crippen LogP contribution in [0, 0.1) is 10.1 Å². The maximum Gasteiger partial charge on any atom is 0.317 e. The number of nitro benzene ring substituents is 1. The number of benzene rings is 1. The summed E-state index contributed by atoms with van der Waals surface area (Å²) in [7, 11) is 0. The molecule has 2 rings (SSSR count). The predicted molar refractivity (Wildman–Crippen MR) is 109 cm³/mol. The monoisotopic (exact) mass is 396 g/mol. The van der Waals surface area contributed by atoms with Crippen LogP contribution in [0.15, 0.2) is 18.2 Å². The number of halogens is 1. The number of nitrogens with zero attached hydrogens (tertiary/aromatic N) is 3. The normalized spacial score (nSPS) is 15.5. The topological polar surface area (TPSA) is 78.7 Å². The Balaban J connectivity index is 1.84. The zero-order valence-electron chi connectivity index (χ0n) is 16.1. The third-order valence-corrected chi connectivity index (χ3v) is 5.14. The minimum absolute atomic E-state index is 0.00102. The van der Waals surface area contributed by atoms with Crippen LogP contribution in [-0.4, -0.2) is 48.1 Å². The first-order chi connectivity index (χ1) is 12.9. The standard InChI is InChI=1S/C19H29ClN4O3/c1-3-4-5-6-7-15(2)21-19(25)23-12-10-22(11-13-23)17-9-8-16(20)14-18(17)24(26)27/h8-9,14-15H,3-7,10-13H2,1-2H3,(H,21,25). The van der Waals surface area contributed by atoms with Crippen LogP contribution < -0.4 is 10.2 Å². The van der Waals surface area contributed by atoms with Gasteiger partial charge in [-0.2, -0.15) is 0 Å². The minimum Gasteiger partial charge on any atom is -0.362 e. The van der Waals surface area contributed by atoms with Crippen molar-refractivity contribution in [3.63, 3.8) is 0 Å². The first-order valence-corrected chi connectivity index (χ1v) is 10.0. The van der Waals surface area contributed by atoms with Crippen molar-refractivity contribution in [1.29, 1.82) is 0 Å². The van der Waals surface area contributed by atoms with E-state index in [0.29, 0.717) is 36.9 Å². The van der Waals surface area contributed by atoms with Gasteiger partial charge in [0, 0.05) is 43.3 Å². The van der Waals surface area contributed by atoms with Crippen LogP contribution >= 0.6 is 11.6 Å². The Morgan fingerprint density at radius 2 is 1.96 bits per heavy atom. The van der Waals surface area contributed by atoms with Crippen molar-refractivity contribution in [2.45, 2.75) is 52.0 Å². The van der Waals surface area contributed by atoms with Crippen LogP contribution in [0.5, 0.6) is 0 Å². The number of hydrogen-bond acceptors (Lipinski definition) is 4. The Bertz CT molecular complexity index is 648. The SMILES string of the molecule is CCCCCCC(C)NC(=O)N1CCN(c2ccc(Cl)cc2[N+](=O)[O-])CC1. The molecule has 1 aromatic carbocycles. The Hall–Kier alpha value is -2.02. The summed E-state index contributed by atoms with van der Waals surface area (Å²) in [6, 6.07) is 4.81. The van der Waals surface area contributed by atoms with Gasteiger partial charge < -0.3 is 15.1 Å².